The van der Waals surface area contributed by atoms with Gasteiger partial charge in [0.05, 0.1) is 24.4 Å². The predicted octanol–water partition coefficient (Wildman–Crippen LogP) is 0.413. The van der Waals surface area contributed by atoms with Gasteiger partial charge in [-0.05, 0) is 0 Å². The summed E-state index contributed by atoms with van der Waals surface area (Å²) in [4.78, 5) is 27.4. The van der Waals surface area contributed by atoms with E-state index in [2.05, 4.69) is 15.3 Å². The van der Waals surface area contributed by atoms with Gasteiger partial charge < -0.3 is 5.11 Å². The second-order valence-corrected chi connectivity index (χ2v) is 5.32. The highest BCUT2D eigenvalue weighted by molar-refractivity contribution is 7.15. The van der Waals surface area contributed by atoms with Crippen LogP contribution in [-0.4, -0.2) is 35.5 Å². The molecule has 0 atom stereocenters. The number of fused-ring (bicyclic) bond motifs is 1. The molecule has 3 aromatic rings. The van der Waals surface area contributed by atoms with E-state index < -0.39 is 5.97 Å². The lowest BCUT2D eigenvalue weighted by atomic mass is 10.2. The van der Waals surface area contributed by atoms with E-state index in [4.69, 9.17) is 5.11 Å². The van der Waals surface area contributed by atoms with Gasteiger partial charge in [0.25, 0.3) is 5.56 Å². The summed E-state index contributed by atoms with van der Waals surface area (Å²) in [5, 5.41) is 18.2. The van der Waals surface area contributed by atoms with Crippen molar-refractivity contribution in [2.24, 2.45) is 0 Å². The Hall–Kier alpha value is -2.55. The van der Waals surface area contributed by atoms with Gasteiger partial charge in [0, 0.05) is 30.3 Å². The molecule has 108 valence electrons. The molecule has 0 aliphatic rings. The zero-order valence-electron chi connectivity index (χ0n) is 10.8. The summed E-state index contributed by atoms with van der Waals surface area (Å²) in [7, 11) is 0. The first-order valence-electron chi connectivity index (χ1n) is 6.18. The number of aromatic nitrogens is 5. The Morgan fingerprint density at radius 1 is 1.38 bits per heavy atom. The van der Waals surface area contributed by atoms with Gasteiger partial charge in [-0.3, -0.25) is 14.0 Å². The molecular formula is C12H11N5O3S. The molecule has 3 heterocycles. The van der Waals surface area contributed by atoms with Gasteiger partial charge in [0.2, 0.25) is 0 Å². The van der Waals surface area contributed by atoms with E-state index in [0.717, 1.165) is 0 Å². The second-order valence-electron chi connectivity index (χ2n) is 4.44. The summed E-state index contributed by atoms with van der Waals surface area (Å²) in [5.74, 6) is -0.873. The second kappa shape index (κ2) is 5.44. The quantitative estimate of drug-likeness (QED) is 0.732. The minimum Gasteiger partial charge on any atom is -0.481 e. The normalized spacial score (nSPS) is 11.0. The number of aliphatic carboxylic acids is 1. The van der Waals surface area contributed by atoms with Crippen LogP contribution in [-0.2, 0) is 17.8 Å². The molecule has 0 aliphatic carbocycles. The van der Waals surface area contributed by atoms with Crippen LogP contribution in [0.4, 0.5) is 0 Å². The van der Waals surface area contributed by atoms with Gasteiger partial charge in [-0.2, -0.15) is 0 Å². The molecule has 0 radical (unpaired) electrons. The molecule has 3 rings (SSSR count). The summed E-state index contributed by atoms with van der Waals surface area (Å²) in [6.07, 6.45) is 3.69. The largest absolute Gasteiger partial charge is 0.481 e. The molecule has 0 aromatic carbocycles. The molecule has 21 heavy (non-hydrogen) atoms. The number of carboxylic acids is 1. The van der Waals surface area contributed by atoms with Crippen molar-refractivity contribution < 1.29 is 9.90 Å². The predicted molar refractivity (Wildman–Crippen MR) is 74.4 cm³/mol. The number of carbonyl (C=O) groups is 1. The van der Waals surface area contributed by atoms with Gasteiger partial charge in [0.1, 0.15) is 0 Å². The average molecular weight is 305 g/mol. The molecule has 0 spiro atoms. The van der Waals surface area contributed by atoms with E-state index in [-0.39, 0.29) is 12.0 Å². The Morgan fingerprint density at radius 2 is 2.24 bits per heavy atom. The molecule has 1 N–H and O–H groups in total. The first-order valence-corrected chi connectivity index (χ1v) is 7.06. The molecule has 0 saturated carbocycles. The van der Waals surface area contributed by atoms with Gasteiger partial charge in [0.15, 0.2) is 4.96 Å². The van der Waals surface area contributed by atoms with Crippen molar-refractivity contribution in [1.29, 1.82) is 0 Å². The molecule has 0 saturated heterocycles. The third-order valence-electron chi connectivity index (χ3n) is 2.86. The number of thiazole rings is 1. The Morgan fingerprint density at radius 3 is 3.05 bits per heavy atom. The topological polar surface area (TPSA) is 102 Å². The minimum atomic E-state index is -0.873. The Kier molecular flexibility index (Phi) is 3.48. The van der Waals surface area contributed by atoms with Crippen LogP contribution in [0.25, 0.3) is 4.96 Å². The fourth-order valence-electron chi connectivity index (χ4n) is 1.90. The molecule has 0 fully saturated rings. The van der Waals surface area contributed by atoms with Crippen molar-refractivity contribution in [2.75, 3.05) is 0 Å². The average Bonchev–Trinajstić information content (AvgIpc) is 3.05. The van der Waals surface area contributed by atoms with Crippen LogP contribution in [0.2, 0.25) is 0 Å². The van der Waals surface area contributed by atoms with Crippen molar-refractivity contribution in [1.82, 2.24) is 24.4 Å². The number of rotatable bonds is 5. The third kappa shape index (κ3) is 2.97. The fourth-order valence-corrected chi connectivity index (χ4v) is 2.64. The maximum atomic E-state index is 11.9. The Balaban J connectivity index is 1.78. The minimum absolute atomic E-state index is 0.0133. The number of hydrogen-bond donors (Lipinski definition) is 1. The first kappa shape index (κ1) is 13.4. The smallest absolute Gasteiger partial charge is 0.303 e. The maximum Gasteiger partial charge on any atom is 0.303 e. The Bertz CT molecular complexity index is 850. The number of carboxylic acid groups (broad SMARTS) is 1. The molecule has 0 amide bonds. The summed E-state index contributed by atoms with van der Waals surface area (Å²) in [6.45, 7) is 0.323. The van der Waals surface area contributed by atoms with Gasteiger partial charge in [-0.15, -0.1) is 16.4 Å². The van der Waals surface area contributed by atoms with Crippen LogP contribution in [0, 0.1) is 0 Å². The highest BCUT2D eigenvalue weighted by Crippen LogP contribution is 2.07. The molecule has 0 unspecified atom stereocenters. The van der Waals surface area contributed by atoms with Crippen LogP contribution in [0.5, 0.6) is 0 Å². The summed E-state index contributed by atoms with van der Waals surface area (Å²) >= 11 is 1.38. The van der Waals surface area contributed by atoms with Gasteiger partial charge in [-0.1, -0.05) is 5.21 Å². The van der Waals surface area contributed by atoms with Crippen molar-refractivity contribution >= 4 is 22.3 Å². The Labute approximate surface area is 122 Å². The maximum absolute atomic E-state index is 11.9. The van der Waals surface area contributed by atoms with Crippen molar-refractivity contribution in [2.45, 2.75) is 19.4 Å². The van der Waals surface area contributed by atoms with E-state index in [9.17, 15) is 9.59 Å². The first-order chi connectivity index (χ1) is 10.1. The monoisotopic (exact) mass is 305 g/mol. The zero-order valence-corrected chi connectivity index (χ0v) is 11.7. The molecular weight excluding hydrogens is 294 g/mol. The zero-order chi connectivity index (χ0) is 14.8. The number of aryl methyl sites for hydroxylation is 1. The summed E-state index contributed by atoms with van der Waals surface area (Å²) in [6, 6.07) is 1.46. The van der Waals surface area contributed by atoms with E-state index in [1.807, 2.05) is 0 Å². The van der Waals surface area contributed by atoms with Crippen molar-refractivity contribution in [3.63, 3.8) is 0 Å². The van der Waals surface area contributed by atoms with Crippen molar-refractivity contribution in [3.05, 3.63) is 45.6 Å². The van der Waals surface area contributed by atoms with Crippen LogP contribution in [0.15, 0.2) is 28.6 Å². The van der Waals surface area contributed by atoms with Crippen LogP contribution >= 0.6 is 11.3 Å². The van der Waals surface area contributed by atoms with Crippen molar-refractivity contribution in [3.8, 4) is 0 Å². The SMILES string of the molecule is O=C(O)CCc1cn(Cc2cc(=O)n3ccsc3n2)nn1. The lowest BCUT2D eigenvalue weighted by molar-refractivity contribution is -0.136. The lowest BCUT2D eigenvalue weighted by Crippen LogP contribution is -2.14. The summed E-state index contributed by atoms with van der Waals surface area (Å²) in [5.41, 5.74) is 1.06. The highest BCUT2D eigenvalue weighted by Gasteiger charge is 2.07. The van der Waals surface area contributed by atoms with Gasteiger partial charge in [-0.25, -0.2) is 9.67 Å². The fraction of sp³-hybridized carbons (Fsp3) is 0.250. The molecule has 3 aromatic heterocycles. The molecule has 8 nitrogen and oxygen atoms in total. The van der Waals surface area contributed by atoms with E-state index in [0.29, 0.717) is 29.3 Å². The molecule has 0 aliphatic heterocycles. The van der Waals surface area contributed by atoms with Gasteiger partial charge >= 0.3 is 5.97 Å². The van der Waals surface area contributed by atoms with Crippen LogP contribution in [0.3, 0.4) is 0 Å². The van der Waals surface area contributed by atoms with E-state index in [1.54, 1.807) is 22.5 Å². The number of nitrogens with zero attached hydrogens (tertiary/aromatic N) is 5. The third-order valence-corrected chi connectivity index (χ3v) is 3.62. The summed E-state index contributed by atoms with van der Waals surface area (Å²) < 4.78 is 3.02. The van der Waals surface area contributed by atoms with E-state index >= 15 is 0 Å². The highest BCUT2D eigenvalue weighted by atomic mass is 32.1. The lowest BCUT2D eigenvalue weighted by Gasteiger charge is -2.00. The molecule has 0 bridgehead atoms. The van der Waals surface area contributed by atoms with Crippen LogP contribution < -0.4 is 5.56 Å². The standard InChI is InChI=1S/C12H11N5O3S/c18-10-5-9(13-12-17(10)3-4-21-12)7-16-6-8(14-15-16)1-2-11(19)20/h3-6H,1-2,7H2,(H,19,20). The molecule has 9 heteroatoms. The number of hydrogen-bond acceptors (Lipinski definition) is 6. The van der Waals surface area contributed by atoms with E-state index in [1.165, 1.54) is 21.8 Å². The van der Waals surface area contributed by atoms with Crippen LogP contribution in [0.1, 0.15) is 17.8 Å².